The molecule has 2 heterocycles. The zero-order valence-corrected chi connectivity index (χ0v) is 11.5. The van der Waals surface area contributed by atoms with Crippen LogP contribution in [0.15, 0.2) is 34.1 Å². The second-order valence-corrected chi connectivity index (χ2v) is 4.79. The Hall–Kier alpha value is -0.960. The molecule has 1 N–H and O–H groups in total. The minimum atomic E-state index is -0.228. The molecule has 2 aromatic heterocycles. The monoisotopic (exact) mass is 393 g/mol. The predicted octanol–water partition coefficient (Wildman–Crippen LogP) is 2.32. The van der Waals surface area contributed by atoms with Crippen LogP contribution in [0.1, 0.15) is 0 Å². The summed E-state index contributed by atoms with van der Waals surface area (Å²) in [5, 5.41) is 0. The van der Waals surface area contributed by atoms with E-state index in [1.165, 1.54) is 6.33 Å². The first-order valence-corrected chi connectivity index (χ1v) is 6.05. The topological polar surface area (TPSA) is 67.9 Å². The Labute approximate surface area is 113 Å². The van der Waals surface area contributed by atoms with Gasteiger partial charge in [0.1, 0.15) is 9.32 Å². The first-order chi connectivity index (χ1) is 7.66. The number of hydrogen-bond acceptors (Lipinski definition) is 4. The molecule has 0 spiro atoms. The van der Waals surface area contributed by atoms with Crippen LogP contribution < -0.4 is 10.3 Å². The Morgan fingerprint density at radius 1 is 1.44 bits per heavy atom. The Kier molecular flexibility index (Phi) is 3.54. The van der Waals surface area contributed by atoms with Crippen molar-refractivity contribution in [3.63, 3.8) is 0 Å². The Morgan fingerprint density at radius 2 is 2.25 bits per heavy atom. The Morgan fingerprint density at radius 3 is 3.00 bits per heavy atom. The smallest absolute Gasteiger partial charge is 0.268 e. The number of rotatable bonds is 2. The zero-order chi connectivity index (χ0) is 11.5. The van der Waals surface area contributed by atoms with Gasteiger partial charge in [-0.2, -0.15) is 0 Å². The summed E-state index contributed by atoms with van der Waals surface area (Å²) in [4.78, 5) is 21.6. The molecule has 82 valence electrons. The maximum Gasteiger partial charge on any atom is 0.268 e. The van der Waals surface area contributed by atoms with Gasteiger partial charge in [-0.25, -0.2) is 4.98 Å². The van der Waals surface area contributed by atoms with Gasteiger partial charge in [-0.1, -0.05) is 0 Å². The molecule has 0 aliphatic heterocycles. The third-order valence-electron chi connectivity index (χ3n) is 1.66. The number of aromatic amines is 1. The molecule has 0 aliphatic carbocycles. The van der Waals surface area contributed by atoms with Gasteiger partial charge in [0.15, 0.2) is 0 Å². The molecular formula is C9H5BrIN3O2. The van der Waals surface area contributed by atoms with Crippen molar-refractivity contribution in [2.75, 3.05) is 0 Å². The molecule has 0 saturated heterocycles. The second-order valence-electron chi connectivity index (χ2n) is 2.79. The lowest BCUT2D eigenvalue weighted by molar-refractivity contribution is 0.454. The molecule has 0 amide bonds. The minimum Gasteiger partial charge on any atom is -0.436 e. The van der Waals surface area contributed by atoms with E-state index >= 15 is 0 Å². The van der Waals surface area contributed by atoms with Crippen LogP contribution in [0.2, 0.25) is 0 Å². The molecular weight excluding hydrogens is 389 g/mol. The highest BCUT2D eigenvalue weighted by Gasteiger charge is 2.07. The van der Waals surface area contributed by atoms with E-state index in [-0.39, 0.29) is 11.4 Å². The van der Waals surface area contributed by atoms with Gasteiger partial charge in [0.05, 0.1) is 12.5 Å². The van der Waals surface area contributed by atoms with Crippen molar-refractivity contribution in [3.8, 4) is 11.6 Å². The van der Waals surface area contributed by atoms with E-state index in [0.717, 1.165) is 4.47 Å². The highest BCUT2D eigenvalue weighted by Crippen LogP contribution is 2.23. The average Bonchev–Trinajstić information content (AvgIpc) is 2.25. The summed E-state index contributed by atoms with van der Waals surface area (Å²) in [6.07, 6.45) is 4.48. The molecule has 0 saturated carbocycles. The number of nitrogens with one attached hydrogen (secondary N) is 1. The van der Waals surface area contributed by atoms with Gasteiger partial charge in [0.25, 0.3) is 5.56 Å². The van der Waals surface area contributed by atoms with Crippen LogP contribution in [-0.2, 0) is 0 Å². The third-order valence-corrected chi connectivity index (χ3v) is 3.04. The number of nitrogens with zero attached hydrogens (tertiary/aromatic N) is 2. The van der Waals surface area contributed by atoms with E-state index in [9.17, 15) is 4.79 Å². The zero-order valence-electron chi connectivity index (χ0n) is 7.78. The van der Waals surface area contributed by atoms with Gasteiger partial charge in [0, 0.05) is 10.7 Å². The molecule has 16 heavy (non-hydrogen) atoms. The van der Waals surface area contributed by atoms with Gasteiger partial charge in [-0.05, 0) is 44.6 Å². The predicted molar refractivity (Wildman–Crippen MR) is 69.6 cm³/mol. The fraction of sp³-hybridized carbons (Fsp3) is 0. The van der Waals surface area contributed by atoms with Gasteiger partial charge in [0.2, 0.25) is 5.88 Å². The molecule has 0 atom stereocenters. The van der Waals surface area contributed by atoms with E-state index in [2.05, 4.69) is 30.9 Å². The van der Waals surface area contributed by atoms with Crippen molar-refractivity contribution in [1.82, 2.24) is 15.0 Å². The summed E-state index contributed by atoms with van der Waals surface area (Å²) in [7, 11) is 0. The third kappa shape index (κ3) is 2.59. The lowest BCUT2D eigenvalue weighted by atomic mass is 10.5. The molecule has 2 rings (SSSR count). The molecule has 0 bridgehead atoms. The van der Waals surface area contributed by atoms with Gasteiger partial charge in [-0.15, -0.1) is 0 Å². The van der Waals surface area contributed by atoms with E-state index in [1.807, 2.05) is 22.6 Å². The Bertz CT molecular complexity index is 573. The van der Waals surface area contributed by atoms with Crippen LogP contribution in [0.3, 0.4) is 0 Å². The lowest BCUT2D eigenvalue weighted by Gasteiger charge is -2.04. The summed E-state index contributed by atoms with van der Waals surface area (Å²) in [5.41, 5.74) is -0.228. The summed E-state index contributed by atoms with van der Waals surface area (Å²) in [6, 6.07) is 1.74. The number of H-pyrrole nitrogens is 1. The van der Waals surface area contributed by atoms with Crippen molar-refractivity contribution >= 4 is 38.5 Å². The van der Waals surface area contributed by atoms with Crippen molar-refractivity contribution in [2.45, 2.75) is 0 Å². The fourth-order valence-electron chi connectivity index (χ4n) is 0.998. The van der Waals surface area contributed by atoms with Gasteiger partial charge >= 0.3 is 0 Å². The highest BCUT2D eigenvalue weighted by atomic mass is 127. The summed E-state index contributed by atoms with van der Waals surface area (Å²) >= 11 is 5.15. The minimum absolute atomic E-state index is 0.228. The van der Waals surface area contributed by atoms with Crippen LogP contribution in [0.4, 0.5) is 0 Å². The maximum absolute atomic E-state index is 11.3. The first kappa shape index (κ1) is 11.5. The van der Waals surface area contributed by atoms with Crippen LogP contribution in [0, 0.1) is 3.57 Å². The molecule has 0 unspecified atom stereocenters. The molecule has 0 aromatic carbocycles. The summed E-state index contributed by atoms with van der Waals surface area (Å²) < 4.78 is 6.64. The molecule has 2 aromatic rings. The lowest BCUT2D eigenvalue weighted by Crippen LogP contribution is -2.11. The van der Waals surface area contributed by atoms with E-state index < -0.39 is 0 Å². The Balaban J connectivity index is 2.34. The fourth-order valence-corrected chi connectivity index (χ4v) is 1.75. The van der Waals surface area contributed by atoms with Crippen molar-refractivity contribution in [3.05, 3.63) is 43.2 Å². The average molecular weight is 394 g/mol. The second kappa shape index (κ2) is 4.91. The summed E-state index contributed by atoms with van der Waals surface area (Å²) in [5.74, 6) is 0.787. The number of halogens is 2. The molecule has 5 nitrogen and oxygen atoms in total. The van der Waals surface area contributed by atoms with Crippen LogP contribution in [0.5, 0.6) is 11.6 Å². The van der Waals surface area contributed by atoms with Gasteiger partial charge < -0.3 is 9.72 Å². The molecule has 0 aliphatic rings. The van der Waals surface area contributed by atoms with Crippen molar-refractivity contribution < 1.29 is 4.74 Å². The van der Waals surface area contributed by atoms with Crippen LogP contribution >= 0.6 is 38.5 Å². The van der Waals surface area contributed by atoms with E-state index in [4.69, 9.17) is 4.74 Å². The SMILES string of the molecule is O=c1[nH]cnc(Oc2cncc(Br)c2)c1I. The first-order valence-electron chi connectivity index (χ1n) is 4.18. The van der Waals surface area contributed by atoms with E-state index in [0.29, 0.717) is 9.32 Å². The molecule has 7 heteroatoms. The molecule has 0 radical (unpaired) electrons. The quantitative estimate of drug-likeness (QED) is 0.795. The maximum atomic E-state index is 11.3. The van der Waals surface area contributed by atoms with Crippen LogP contribution in [-0.4, -0.2) is 15.0 Å². The number of hydrogen-bond donors (Lipinski definition) is 1. The largest absolute Gasteiger partial charge is 0.436 e. The summed E-state index contributed by atoms with van der Waals surface area (Å²) in [6.45, 7) is 0. The number of pyridine rings is 1. The highest BCUT2D eigenvalue weighted by molar-refractivity contribution is 14.1. The number of ether oxygens (including phenoxy) is 1. The standard InChI is InChI=1S/C9H5BrIN3O2/c10-5-1-6(3-12-2-5)16-9-7(11)8(15)13-4-14-9/h1-4H,(H,13,14,15). The molecule has 0 fully saturated rings. The van der Waals surface area contributed by atoms with Crippen molar-refractivity contribution in [1.29, 1.82) is 0 Å². The van der Waals surface area contributed by atoms with Crippen molar-refractivity contribution in [2.24, 2.45) is 0 Å². The van der Waals surface area contributed by atoms with Crippen LogP contribution in [0.25, 0.3) is 0 Å². The number of aromatic nitrogens is 3. The normalized spacial score (nSPS) is 10.1. The van der Waals surface area contributed by atoms with Gasteiger partial charge in [-0.3, -0.25) is 9.78 Å². The van der Waals surface area contributed by atoms with E-state index in [1.54, 1.807) is 18.5 Å².